The van der Waals surface area contributed by atoms with Crippen LogP contribution in [0.1, 0.15) is 24.3 Å². The van der Waals surface area contributed by atoms with Gasteiger partial charge < -0.3 is 9.47 Å². The van der Waals surface area contributed by atoms with Gasteiger partial charge in [0.25, 0.3) is 17.4 Å². The number of amides is 2. The fourth-order valence-corrected chi connectivity index (χ4v) is 2.79. The maximum absolute atomic E-state index is 12.5. The van der Waals surface area contributed by atoms with E-state index in [1.54, 1.807) is 55.5 Å². The second-order valence-corrected chi connectivity index (χ2v) is 6.43. The number of nitrogens with zero attached hydrogens (tertiary/aromatic N) is 2. The van der Waals surface area contributed by atoms with Crippen LogP contribution in [0.25, 0.3) is 10.8 Å². The third kappa shape index (κ3) is 4.57. The van der Waals surface area contributed by atoms with Crippen LogP contribution in [0.2, 0.25) is 0 Å². The molecule has 0 bridgehead atoms. The Kier molecular flexibility index (Phi) is 6.31. The molecule has 3 rings (SSSR count). The van der Waals surface area contributed by atoms with E-state index in [2.05, 4.69) is 16.0 Å². The van der Waals surface area contributed by atoms with Crippen molar-refractivity contribution >= 4 is 22.6 Å². The molecule has 2 N–H and O–H groups in total. The maximum atomic E-state index is 12.5. The van der Waals surface area contributed by atoms with Gasteiger partial charge in [0, 0.05) is 12.4 Å². The Hall–Kier alpha value is -3.88. The number of carbonyl (C=O) groups excluding carboxylic acids is 2. The van der Waals surface area contributed by atoms with Gasteiger partial charge in [-0.3, -0.25) is 25.2 Å². The van der Waals surface area contributed by atoms with Crippen LogP contribution in [-0.2, 0) is 11.8 Å². The monoisotopic (exact) mass is 410 g/mol. The highest BCUT2D eigenvalue weighted by atomic mass is 16.5. The standard InChI is InChI=1S/C21H22N4O5/c1-4-29-14-9-11-15(12-10-14)30-13(2)19(26)22-23-20(27)18-16-7-5-6-8-17(16)21(28)25(3)24-18/h5-13H,4H2,1-3H3,(H,22,26)(H,23,27)/t13-/m0/s1. The van der Waals surface area contributed by atoms with Gasteiger partial charge in [-0.15, -0.1) is 0 Å². The zero-order valence-corrected chi connectivity index (χ0v) is 16.8. The van der Waals surface area contributed by atoms with Gasteiger partial charge in [-0.25, -0.2) is 4.68 Å². The van der Waals surface area contributed by atoms with Crippen molar-refractivity contribution < 1.29 is 19.1 Å². The molecule has 1 aromatic heterocycles. The Morgan fingerprint density at radius 3 is 2.33 bits per heavy atom. The lowest BCUT2D eigenvalue weighted by molar-refractivity contribution is -0.128. The summed E-state index contributed by atoms with van der Waals surface area (Å²) in [6.07, 6.45) is -0.868. The molecule has 9 heteroatoms. The van der Waals surface area contributed by atoms with Gasteiger partial charge in [0.05, 0.1) is 12.0 Å². The van der Waals surface area contributed by atoms with E-state index in [-0.39, 0.29) is 11.3 Å². The summed E-state index contributed by atoms with van der Waals surface area (Å²) in [6, 6.07) is 13.5. The molecule has 0 fully saturated rings. The maximum Gasteiger partial charge on any atom is 0.290 e. The van der Waals surface area contributed by atoms with Crippen LogP contribution in [0, 0.1) is 0 Å². The van der Waals surface area contributed by atoms with Gasteiger partial charge in [-0.1, -0.05) is 18.2 Å². The van der Waals surface area contributed by atoms with Gasteiger partial charge in [0.2, 0.25) is 0 Å². The van der Waals surface area contributed by atoms with Crippen LogP contribution < -0.4 is 25.9 Å². The predicted octanol–water partition coefficient (Wildman–Crippen LogP) is 1.56. The Bertz CT molecular complexity index is 1120. The van der Waals surface area contributed by atoms with Gasteiger partial charge in [-0.2, -0.15) is 5.10 Å². The topological polar surface area (TPSA) is 112 Å². The van der Waals surface area contributed by atoms with Gasteiger partial charge >= 0.3 is 0 Å². The fourth-order valence-electron chi connectivity index (χ4n) is 2.79. The van der Waals surface area contributed by atoms with E-state index in [0.29, 0.717) is 28.9 Å². The highest BCUT2D eigenvalue weighted by Crippen LogP contribution is 2.18. The molecule has 1 heterocycles. The minimum absolute atomic E-state index is 0.0214. The van der Waals surface area contributed by atoms with E-state index >= 15 is 0 Å². The summed E-state index contributed by atoms with van der Waals surface area (Å²) in [4.78, 5) is 37.0. The number of aryl methyl sites for hydroxylation is 1. The number of hydrogen-bond acceptors (Lipinski definition) is 6. The minimum atomic E-state index is -0.868. The number of hydrogen-bond donors (Lipinski definition) is 2. The van der Waals surface area contributed by atoms with Crippen molar-refractivity contribution in [1.82, 2.24) is 20.6 Å². The van der Waals surface area contributed by atoms with E-state index in [1.165, 1.54) is 7.05 Å². The number of nitrogens with one attached hydrogen (secondary N) is 2. The van der Waals surface area contributed by atoms with Crippen molar-refractivity contribution in [3.8, 4) is 11.5 Å². The molecule has 0 saturated heterocycles. The average Bonchev–Trinajstić information content (AvgIpc) is 2.75. The molecular formula is C21H22N4O5. The second-order valence-electron chi connectivity index (χ2n) is 6.43. The molecule has 0 radical (unpaired) electrons. The highest BCUT2D eigenvalue weighted by molar-refractivity contribution is 6.05. The van der Waals surface area contributed by atoms with Crippen molar-refractivity contribution in [2.45, 2.75) is 20.0 Å². The van der Waals surface area contributed by atoms with Gasteiger partial charge in [0.15, 0.2) is 11.8 Å². The van der Waals surface area contributed by atoms with Crippen LogP contribution >= 0.6 is 0 Å². The Balaban J connectivity index is 1.64. The van der Waals surface area contributed by atoms with Crippen LogP contribution in [0.15, 0.2) is 53.3 Å². The molecule has 3 aromatic rings. The summed E-state index contributed by atoms with van der Waals surface area (Å²) in [5.41, 5.74) is 4.33. The average molecular weight is 410 g/mol. The van der Waals surface area contributed by atoms with Gasteiger partial charge in [-0.05, 0) is 44.2 Å². The summed E-state index contributed by atoms with van der Waals surface area (Å²) >= 11 is 0. The molecule has 2 aromatic carbocycles. The first kappa shape index (κ1) is 20.8. The zero-order chi connectivity index (χ0) is 21.7. The van der Waals surface area contributed by atoms with Crippen LogP contribution in [0.4, 0.5) is 0 Å². The molecule has 0 aliphatic heterocycles. The highest BCUT2D eigenvalue weighted by Gasteiger charge is 2.19. The second kappa shape index (κ2) is 9.08. The first-order valence-corrected chi connectivity index (χ1v) is 9.36. The summed E-state index contributed by atoms with van der Waals surface area (Å²) in [6.45, 7) is 3.99. The molecule has 2 amide bonds. The number of hydrazine groups is 1. The first-order valence-electron chi connectivity index (χ1n) is 9.36. The van der Waals surface area contributed by atoms with Crippen molar-refractivity contribution in [3.05, 3.63) is 64.6 Å². The first-order chi connectivity index (χ1) is 14.4. The van der Waals surface area contributed by atoms with Crippen molar-refractivity contribution in [2.24, 2.45) is 7.05 Å². The van der Waals surface area contributed by atoms with Crippen LogP contribution in [0.3, 0.4) is 0 Å². The zero-order valence-electron chi connectivity index (χ0n) is 16.8. The van der Waals surface area contributed by atoms with Crippen molar-refractivity contribution in [3.63, 3.8) is 0 Å². The summed E-state index contributed by atoms with van der Waals surface area (Å²) in [5, 5.41) is 4.77. The van der Waals surface area contributed by atoms with E-state index < -0.39 is 17.9 Å². The third-order valence-electron chi connectivity index (χ3n) is 4.29. The van der Waals surface area contributed by atoms with E-state index in [9.17, 15) is 14.4 Å². The number of carbonyl (C=O) groups is 2. The summed E-state index contributed by atoms with van der Waals surface area (Å²) < 4.78 is 12.0. The largest absolute Gasteiger partial charge is 0.494 e. The van der Waals surface area contributed by atoms with Crippen molar-refractivity contribution in [2.75, 3.05) is 6.61 Å². The predicted molar refractivity (Wildman–Crippen MR) is 110 cm³/mol. The van der Waals surface area contributed by atoms with E-state index in [0.717, 1.165) is 4.68 Å². The molecule has 1 atom stereocenters. The summed E-state index contributed by atoms with van der Waals surface area (Å²) in [5.74, 6) is -0.0147. The number of aromatic nitrogens is 2. The number of ether oxygens (including phenoxy) is 2. The third-order valence-corrected chi connectivity index (χ3v) is 4.29. The smallest absolute Gasteiger partial charge is 0.290 e. The van der Waals surface area contributed by atoms with Crippen LogP contribution in [0.5, 0.6) is 11.5 Å². The Morgan fingerprint density at radius 1 is 1.03 bits per heavy atom. The lowest BCUT2D eigenvalue weighted by atomic mass is 10.1. The molecule has 0 aliphatic carbocycles. The molecular weight excluding hydrogens is 388 g/mol. The minimum Gasteiger partial charge on any atom is -0.494 e. The fraction of sp³-hybridized carbons (Fsp3) is 0.238. The molecule has 0 saturated carbocycles. The Morgan fingerprint density at radius 2 is 1.67 bits per heavy atom. The van der Waals surface area contributed by atoms with E-state index in [4.69, 9.17) is 9.47 Å². The number of fused-ring (bicyclic) bond motifs is 1. The molecule has 9 nitrogen and oxygen atoms in total. The lowest BCUT2D eigenvalue weighted by Gasteiger charge is -2.15. The molecule has 30 heavy (non-hydrogen) atoms. The number of benzene rings is 2. The quantitative estimate of drug-likeness (QED) is 0.597. The Labute approximate surface area is 172 Å². The molecule has 0 unspecified atom stereocenters. The SMILES string of the molecule is CCOc1ccc(O[C@@H](C)C(=O)NNC(=O)c2nn(C)c(=O)c3ccccc23)cc1. The normalized spacial score (nSPS) is 11.6. The molecule has 0 aliphatic rings. The number of rotatable bonds is 6. The lowest BCUT2D eigenvalue weighted by Crippen LogP contribution is -2.47. The van der Waals surface area contributed by atoms with E-state index in [1.807, 2.05) is 6.92 Å². The molecule has 0 spiro atoms. The summed E-state index contributed by atoms with van der Waals surface area (Å²) in [7, 11) is 1.46. The molecule has 156 valence electrons. The van der Waals surface area contributed by atoms with Crippen molar-refractivity contribution in [1.29, 1.82) is 0 Å². The van der Waals surface area contributed by atoms with Gasteiger partial charge in [0.1, 0.15) is 11.5 Å². The van der Waals surface area contributed by atoms with Crippen LogP contribution in [-0.4, -0.2) is 34.3 Å².